The highest BCUT2D eigenvalue weighted by Gasteiger charge is 2.08. The molecule has 20 heavy (non-hydrogen) atoms. The Kier molecular flexibility index (Phi) is 3.47. The Morgan fingerprint density at radius 2 is 2.20 bits per heavy atom. The van der Waals surface area contributed by atoms with Crippen molar-refractivity contribution in [2.24, 2.45) is 0 Å². The molecule has 1 aromatic carbocycles. The summed E-state index contributed by atoms with van der Waals surface area (Å²) in [6, 6.07) is 7.76. The summed E-state index contributed by atoms with van der Waals surface area (Å²) >= 11 is 1.37. The fourth-order valence-electron chi connectivity index (χ4n) is 1.96. The fourth-order valence-corrected chi connectivity index (χ4v) is 2.61. The molecule has 0 aliphatic carbocycles. The normalized spacial score (nSPS) is 10.8. The molecule has 0 aliphatic heterocycles. The largest absolute Gasteiger partial charge is 0.399 e. The van der Waals surface area contributed by atoms with E-state index in [0.717, 1.165) is 40.6 Å². The average Bonchev–Trinajstić information content (AvgIpc) is 3.07. The number of rotatable bonds is 4. The summed E-state index contributed by atoms with van der Waals surface area (Å²) in [6.45, 7) is 2.12. The monoisotopic (exact) mass is 285 g/mol. The lowest BCUT2D eigenvalue weighted by molar-refractivity contribution is 0.825. The Balaban J connectivity index is 1.89. The minimum Gasteiger partial charge on any atom is -0.399 e. The fraction of sp³-hybridized carbons (Fsp3) is 0.214. The zero-order valence-electron chi connectivity index (χ0n) is 11.2. The molecular formula is C14H15N5S. The van der Waals surface area contributed by atoms with E-state index < -0.39 is 0 Å². The molecule has 2 N–H and O–H groups in total. The van der Waals surface area contributed by atoms with E-state index in [0.29, 0.717) is 0 Å². The number of nitrogens with zero attached hydrogens (tertiary/aromatic N) is 4. The van der Waals surface area contributed by atoms with Crippen LogP contribution in [0.15, 0.2) is 36.7 Å². The number of aryl methyl sites for hydroxylation is 1. The zero-order valence-corrected chi connectivity index (χ0v) is 12.0. The van der Waals surface area contributed by atoms with Crippen LogP contribution in [0.25, 0.3) is 16.3 Å². The molecule has 0 amide bonds. The molecule has 3 rings (SSSR count). The zero-order chi connectivity index (χ0) is 13.9. The van der Waals surface area contributed by atoms with Gasteiger partial charge in [-0.2, -0.15) is 9.47 Å². The van der Waals surface area contributed by atoms with Crippen molar-refractivity contribution >= 4 is 17.2 Å². The Labute approximate surface area is 121 Å². The number of nitrogens with two attached hydrogens (primary N) is 1. The summed E-state index contributed by atoms with van der Waals surface area (Å²) in [4.78, 5) is 4.48. The van der Waals surface area contributed by atoms with E-state index in [-0.39, 0.29) is 0 Å². The predicted octanol–water partition coefficient (Wildman–Crippen LogP) is 2.93. The highest BCUT2D eigenvalue weighted by atomic mass is 32.1. The summed E-state index contributed by atoms with van der Waals surface area (Å²) in [6.07, 6.45) is 5.71. The van der Waals surface area contributed by atoms with Gasteiger partial charge in [0.15, 0.2) is 0 Å². The molecule has 0 saturated heterocycles. The number of anilines is 1. The predicted molar refractivity (Wildman–Crippen MR) is 80.9 cm³/mol. The maximum Gasteiger partial charge on any atom is 0.230 e. The van der Waals surface area contributed by atoms with Crippen molar-refractivity contribution in [3.63, 3.8) is 0 Å². The van der Waals surface area contributed by atoms with E-state index in [1.165, 1.54) is 11.5 Å². The van der Waals surface area contributed by atoms with Gasteiger partial charge in [0.05, 0.1) is 6.20 Å². The van der Waals surface area contributed by atoms with Crippen LogP contribution in [-0.2, 0) is 6.42 Å². The third-order valence-electron chi connectivity index (χ3n) is 2.93. The minimum atomic E-state index is 0.747. The Morgan fingerprint density at radius 3 is 3.00 bits per heavy atom. The van der Waals surface area contributed by atoms with Crippen molar-refractivity contribution in [3.05, 3.63) is 42.5 Å². The van der Waals surface area contributed by atoms with Gasteiger partial charge in [-0.15, -0.1) is 0 Å². The molecule has 0 radical (unpaired) electrons. The molecular weight excluding hydrogens is 270 g/mol. The third-order valence-corrected chi connectivity index (χ3v) is 3.67. The third kappa shape index (κ3) is 2.55. The highest BCUT2D eigenvalue weighted by Crippen LogP contribution is 2.22. The van der Waals surface area contributed by atoms with Gasteiger partial charge >= 0.3 is 0 Å². The van der Waals surface area contributed by atoms with E-state index in [4.69, 9.17) is 5.73 Å². The topological polar surface area (TPSA) is 69.6 Å². The summed E-state index contributed by atoms with van der Waals surface area (Å²) in [7, 11) is 0. The summed E-state index contributed by atoms with van der Waals surface area (Å²) in [5.74, 6) is 0.883. The standard InChI is InChI=1S/C14H15N5S/c1-2-4-13-17-14(20-18-13)19-9-11(8-16-19)10-5-3-6-12(15)7-10/h3,5-9H,2,4,15H2,1H3. The summed E-state index contributed by atoms with van der Waals surface area (Å²) in [5, 5.41) is 5.14. The van der Waals surface area contributed by atoms with Crippen LogP contribution in [0, 0.1) is 0 Å². The minimum absolute atomic E-state index is 0.747. The van der Waals surface area contributed by atoms with Crippen LogP contribution in [0.5, 0.6) is 0 Å². The summed E-state index contributed by atoms with van der Waals surface area (Å²) in [5.41, 5.74) is 8.62. The van der Waals surface area contributed by atoms with E-state index in [2.05, 4.69) is 21.4 Å². The van der Waals surface area contributed by atoms with Gasteiger partial charge in [0.25, 0.3) is 0 Å². The van der Waals surface area contributed by atoms with E-state index >= 15 is 0 Å². The second-order valence-electron chi connectivity index (χ2n) is 4.54. The second kappa shape index (κ2) is 5.42. The van der Waals surface area contributed by atoms with Crippen LogP contribution in [0.1, 0.15) is 19.2 Å². The van der Waals surface area contributed by atoms with Crippen LogP contribution in [0.4, 0.5) is 5.69 Å². The average molecular weight is 285 g/mol. The first-order valence-corrected chi connectivity index (χ1v) is 7.27. The molecule has 0 spiro atoms. The van der Waals surface area contributed by atoms with Crippen molar-refractivity contribution in [2.45, 2.75) is 19.8 Å². The molecule has 0 unspecified atom stereocenters. The second-order valence-corrected chi connectivity index (χ2v) is 5.27. The highest BCUT2D eigenvalue weighted by molar-refractivity contribution is 7.08. The van der Waals surface area contributed by atoms with Crippen LogP contribution < -0.4 is 5.73 Å². The van der Waals surface area contributed by atoms with Gasteiger partial charge in [0.1, 0.15) is 5.82 Å². The first-order chi connectivity index (χ1) is 9.76. The van der Waals surface area contributed by atoms with E-state index in [1.54, 1.807) is 4.68 Å². The Bertz CT molecular complexity index is 716. The van der Waals surface area contributed by atoms with Crippen molar-refractivity contribution < 1.29 is 0 Å². The number of benzene rings is 1. The number of hydrogen-bond donors (Lipinski definition) is 1. The van der Waals surface area contributed by atoms with Crippen LogP contribution in [0.2, 0.25) is 0 Å². The van der Waals surface area contributed by atoms with Crippen LogP contribution >= 0.6 is 11.5 Å². The van der Waals surface area contributed by atoms with Gasteiger partial charge in [-0.25, -0.2) is 9.67 Å². The van der Waals surface area contributed by atoms with Crippen molar-refractivity contribution in [1.82, 2.24) is 19.1 Å². The Morgan fingerprint density at radius 1 is 1.30 bits per heavy atom. The molecule has 0 aliphatic rings. The molecule has 0 saturated carbocycles. The number of hydrogen-bond acceptors (Lipinski definition) is 5. The van der Waals surface area contributed by atoms with Crippen molar-refractivity contribution in [1.29, 1.82) is 0 Å². The van der Waals surface area contributed by atoms with Gasteiger partial charge in [-0.1, -0.05) is 19.1 Å². The molecule has 2 aromatic heterocycles. The molecule has 3 aromatic rings. The van der Waals surface area contributed by atoms with Gasteiger partial charge in [0.2, 0.25) is 5.13 Å². The maximum atomic E-state index is 5.80. The first kappa shape index (κ1) is 12.8. The van der Waals surface area contributed by atoms with Gasteiger partial charge < -0.3 is 5.73 Å². The molecule has 0 bridgehead atoms. The lowest BCUT2D eigenvalue weighted by Crippen LogP contribution is -1.94. The number of nitrogen functional groups attached to an aromatic ring is 1. The molecule has 102 valence electrons. The van der Waals surface area contributed by atoms with Gasteiger partial charge in [0, 0.05) is 35.4 Å². The first-order valence-electron chi connectivity index (χ1n) is 6.50. The maximum absolute atomic E-state index is 5.80. The van der Waals surface area contributed by atoms with E-state index in [1.807, 2.05) is 36.7 Å². The molecule has 0 fully saturated rings. The van der Waals surface area contributed by atoms with Crippen LogP contribution in [0.3, 0.4) is 0 Å². The van der Waals surface area contributed by atoms with Crippen LogP contribution in [-0.4, -0.2) is 19.1 Å². The lowest BCUT2D eigenvalue weighted by atomic mass is 10.1. The molecule has 2 heterocycles. The van der Waals surface area contributed by atoms with Gasteiger partial charge in [-0.05, 0) is 24.1 Å². The molecule has 5 nitrogen and oxygen atoms in total. The van der Waals surface area contributed by atoms with E-state index in [9.17, 15) is 0 Å². The summed E-state index contributed by atoms with van der Waals surface area (Å²) < 4.78 is 6.09. The Hall–Kier alpha value is -2.21. The van der Waals surface area contributed by atoms with Crippen molar-refractivity contribution in [3.8, 4) is 16.3 Å². The smallest absolute Gasteiger partial charge is 0.230 e. The quantitative estimate of drug-likeness (QED) is 0.748. The van der Waals surface area contributed by atoms with Gasteiger partial charge in [-0.3, -0.25) is 0 Å². The molecule has 6 heteroatoms. The molecule has 0 atom stereocenters. The lowest BCUT2D eigenvalue weighted by Gasteiger charge is -1.98. The SMILES string of the molecule is CCCc1nsc(-n2cc(-c3cccc(N)c3)cn2)n1. The number of aromatic nitrogens is 4. The van der Waals surface area contributed by atoms with Crippen molar-refractivity contribution in [2.75, 3.05) is 5.73 Å².